The lowest BCUT2D eigenvalue weighted by molar-refractivity contribution is -0.120. The van der Waals surface area contributed by atoms with Crippen LogP contribution in [0.2, 0.25) is 0 Å². The minimum Gasteiger partial charge on any atom is -0.493 e. The van der Waals surface area contributed by atoms with E-state index in [1.807, 2.05) is 18.2 Å². The molecule has 1 atom stereocenters. The first-order chi connectivity index (χ1) is 9.60. The van der Waals surface area contributed by atoms with Gasteiger partial charge in [0.15, 0.2) is 11.5 Å². The number of alkyl halides is 1. The molecule has 0 spiro atoms. The van der Waals surface area contributed by atoms with Crippen molar-refractivity contribution in [3.63, 3.8) is 0 Å². The third-order valence-electron chi connectivity index (χ3n) is 2.84. The Labute approximate surface area is 125 Å². The molecule has 0 aliphatic carbocycles. The Balaban J connectivity index is 2.79. The number of unbranched alkanes of at least 4 members (excludes halogenated alkanes) is 1. The van der Waals surface area contributed by atoms with E-state index in [0.717, 1.165) is 18.4 Å². The Kier molecular flexibility index (Phi) is 7.23. The highest BCUT2D eigenvalue weighted by Gasteiger charge is 2.13. The van der Waals surface area contributed by atoms with Crippen LogP contribution in [0.3, 0.4) is 0 Å². The van der Waals surface area contributed by atoms with Gasteiger partial charge in [-0.3, -0.25) is 4.79 Å². The van der Waals surface area contributed by atoms with Gasteiger partial charge in [0.1, 0.15) is 5.38 Å². The summed E-state index contributed by atoms with van der Waals surface area (Å²) in [7, 11) is 1.60. The van der Waals surface area contributed by atoms with Gasteiger partial charge >= 0.3 is 0 Å². The average molecular weight is 300 g/mol. The van der Waals surface area contributed by atoms with E-state index in [1.165, 1.54) is 0 Å². The van der Waals surface area contributed by atoms with Crippen molar-refractivity contribution in [3.05, 3.63) is 23.8 Å². The van der Waals surface area contributed by atoms with E-state index >= 15 is 0 Å². The highest BCUT2D eigenvalue weighted by molar-refractivity contribution is 6.30. The molecule has 0 aliphatic heterocycles. The predicted octanol–water partition coefficient (Wildman–Crippen LogP) is 3.12. The van der Waals surface area contributed by atoms with Crippen molar-refractivity contribution in [1.29, 1.82) is 0 Å². The number of carbonyl (C=O) groups excluding carboxylic acids is 1. The van der Waals surface area contributed by atoms with Gasteiger partial charge in [0.05, 0.1) is 13.7 Å². The van der Waals surface area contributed by atoms with E-state index in [2.05, 4.69) is 12.2 Å². The van der Waals surface area contributed by atoms with E-state index < -0.39 is 5.38 Å². The Morgan fingerprint density at radius 1 is 1.45 bits per heavy atom. The fraction of sp³-hybridized carbons (Fsp3) is 0.533. The van der Waals surface area contributed by atoms with E-state index in [-0.39, 0.29) is 5.91 Å². The molecule has 0 radical (unpaired) electrons. The van der Waals surface area contributed by atoms with Gasteiger partial charge in [-0.05, 0) is 19.4 Å². The molecule has 112 valence electrons. The van der Waals surface area contributed by atoms with Crippen LogP contribution in [0.5, 0.6) is 11.5 Å². The molecule has 1 rings (SSSR count). The third-order valence-corrected chi connectivity index (χ3v) is 3.04. The first-order valence-corrected chi connectivity index (χ1v) is 7.24. The SMILES string of the molecule is CCCCOc1c(CNC(=O)C(C)Cl)cccc1OC. The summed E-state index contributed by atoms with van der Waals surface area (Å²) >= 11 is 5.73. The molecule has 1 unspecified atom stereocenters. The number of nitrogens with one attached hydrogen (secondary N) is 1. The van der Waals surface area contributed by atoms with Crippen LogP contribution in [-0.2, 0) is 11.3 Å². The predicted molar refractivity (Wildman–Crippen MR) is 80.6 cm³/mol. The molecule has 0 bridgehead atoms. The van der Waals surface area contributed by atoms with Crippen molar-refractivity contribution in [2.75, 3.05) is 13.7 Å². The quantitative estimate of drug-likeness (QED) is 0.592. The van der Waals surface area contributed by atoms with E-state index in [9.17, 15) is 4.79 Å². The van der Waals surface area contributed by atoms with Crippen LogP contribution in [0.1, 0.15) is 32.3 Å². The summed E-state index contributed by atoms with van der Waals surface area (Å²) in [5, 5.41) is 2.22. The highest BCUT2D eigenvalue weighted by Crippen LogP contribution is 2.31. The molecule has 0 aliphatic rings. The second kappa shape index (κ2) is 8.69. The van der Waals surface area contributed by atoms with Crippen molar-refractivity contribution in [2.45, 2.75) is 38.6 Å². The zero-order valence-electron chi connectivity index (χ0n) is 12.2. The maximum absolute atomic E-state index is 11.5. The molecule has 0 saturated carbocycles. The van der Waals surface area contributed by atoms with Crippen LogP contribution in [0.15, 0.2) is 18.2 Å². The summed E-state index contributed by atoms with van der Waals surface area (Å²) in [5.74, 6) is 1.16. The number of hydrogen-bond acceptors (Lipinski definition) is 3. The molecular formula is C15H22ClNO3. The van der Waals surface area contributed by atoms with Crippen molar-refractivity contribution < 1.29 is 14.3 Å². The second-order valence-corrected chi connectivity index (χ2v) is 5.14. The molecule has 1 N–H and O–H groups in total. The standard InChI is InChI=1S/C15H22ClNO3/c1-4-5-9-20-14-12(7-6-8-13(14)19-3)10-17-15(18)11(2)16/h6-8,11H,4-5,9-10H2,1-3H3,(H,17,18). The molecular weight excluding hydrogens is 278 g/mol. The third kappa shape index (κ3) is 4.93. The maximum atomic E-state index is 11.5. The molecule has 20 heavy (non-hydrogen) atoms. The molecule has 1 amide bonds. The molecule has 0 fully saturated rings. The maximum Gasteiger partial charge on any atom is 0.238 e. The van der Waals surface area contributed by atoms with Gasteiger partial charge in [0.25, 0.3) is 0 Å². The highest BCUT2D eigenvalue weighted by atomic mass is 35.5. The lowest BCUT2D eigenvalue weighted by Crippen LogP contribution is -2.29. The number of para-hydroxylation sites is 1. The monoisotopic (exact) mass is 299 g/mol. The Morgan fingerprint density at radius 3 is 2.80 bits per heavy atom. The fourth-order valence-electron chi connectivity index (χ4n) is 1.67. The smallest absolute Gasteiger partial charge is 0.238 e. The Morgan fingerprint density at radius 2 is 2.20 bits per heavy atom. The lowest BCUT2D eigenvalue weighted by Gasteiger charge is -2.15. The minimum atomic E-state index is -0.551. The first-order valence-electron chi connectivity index (χ1n) is 6.80. The van der Waals surface area contributed by atoms with Crippen LogP contribution >= 0.6 is 11.6 Å². The van der Waals surface area contributed by atoms with Gasteiger partial charge in [-0.15, -0.1) is 11.6 Å². The van der Waals surface area contributed by atoms with Gasteiger partial charge in [-0.25, -0.2) is 0 Å². The first kappa shape index (κ1) is 16.6. The number of rotatable bonds is 8. The zero-order valence-corrected chi connectivity index (χ0v) is 13.0. The molecule has 5 heteroatoms. The number of methoxy groups -OCH3 is 1. The van der Waals surface area contributed by atoms with Crippen molar-refractivity contribution in [3.8, 4) is 11.5 Å². The van der Waals surface area contributed by atoms with Gasteiger partial charge in [0.2, 0.25) is 5.91 Å². The van der Waals surface area contributed by atoms with Crippen molar-refractivity contribution in [1.82, 2.24) is 5.32 Å². The summed E-state index contributed by atoms with van der Waals surface area (Å²) in [6.45, 7) is 4.74. The van der Waals surface area contributed by atoms with Crippen LogP contribution < -0.4 is 14.8 Å². The van der Waals surface area contributed by atoms with Gasteiger partial charge < -0.3 is 14.8 Å². The molecule has 1 aromatic rings. The molecule has 1 aromatic carbocycles. The van der Waals surface area contributed by atoms with Crippen LogP contribution in [-0.4, -0.2) is 25.0 Å². The summed E-state index contributed by atoms with van der Waals surface area (Å²) < 4.78 is 11.1. The second-order valence-electron chi connectivity index (χ2n) is 4.48. The minimum absolute atomic E-state index is 0.200. The van der Waals surface area contributed by atoms with E-state index in [0.29, 0.717) is 24.7 Å². The van der Waals surface area contributed by atoms with Crippen LogP contribution in [0, 0.1) is 0 Å². The number of benzene rings is 1. The van der Waals surface area contributed by atoms with Crippen LogP contribution in [0.25, 0.3) is 0 Å². The Hall–Kier alpha value is -1.42. The molecule has 0 saturated heterocycles. The lowest BCUT2D eigenvalue weighted by atomic mass is 10.1. The molecule has 4 nitrogen and oxygen atoms in total. The topological polar surface area (TPSA) is 47.6 Å². The summed E-state index contributed by atoms with van der Waals surface area (Å²) in [6.07, 6.45) is 2.04. The fourth-order valence-corrected chi connectivity index (χ4v) is 1.74. The zero-order chi connectivity index (χ0) is 15.0. The number of halogens is 1. The number of hydrogen-bond donors (Lipinski definition) is 1. The van der Waals surface area contributed by atoms with Crippen molar-refractivity contribution in [2.24, 2.45) is 0 Å². The Bertz CT molecular complexity index is 435. The van der Waals surface area contributed by atoms with Gasteiger partial charge in [0, 0.05) is 12.1 Å². The largest absolute Gasteiger partial charge is 0.493 e. The summed E-state index contributed by atoms with van der Waals surface area (Å²) in [4.78, 5) is 11.5. The molecule has 0 aromatic heterocycles. The number of amides is 1. The molecule has 0 heterocycles. The normalized spacial score (nSPS) is 11.8. The van der Waals surface area contributed by atoms with Gasteiger partial charge in [-0.1, -0.05) is 25.5 Å². The average Bonchev–Trinajstić information content (AvgIpc) is 2.45. The summed E-state index contributed by atoms with van der Waals surface area (Å²) in [6, 6.07) is 5.62. The van der Waals surface area contributed by atoms with Gasteiger partial charge in [-0.2, -0.15) is 0 Å². The number of ether oxygens (including phenoxy) is 2. The summed E-state index contributed by atoms with van der Waals surface area (Å²) in [5.41, 5.74) is 0.881. The van der Waals surface area contributed by atoms with E-state index in [4.69, 9.17) is 21.1 Å². The van der Waals surface area contributed by atoms with E-state index in [1.54, 1.807) is 14.0 Å². The number of carbonyl (C=O) groups is 1. The van der Waals surface area contributed by atoms with Crippen molar-refractivity contribution >= 4 is 17.5 Å². The van der Waals surface area contributed by atoms with Crippen LogP contribution in [0.4, 0.5) is 0 Å².